The Kier molecular flexibility index (Phi) is 5.08. The highest BCUT2D eigenvalue weighted by molar-refractivity contribution is 5.76. The summed E-state index contributed by atoms with van der Waals surface area (Å²) in [5.74, 6) is -0.291. The molecule has 12 heavy (non-hydrogen) atoms. The average molecular weight is 173 g/mol. The third kappa shape index (κ3) is 4.71. The second-order valence-corrected chi connectivity index (χ2v) is 2.61. The molecule has 0 saturated carbocycles. The largest absolute Gasteiger partial charge is 0.465 e. The summed E-state index contributed by atoms with van der Waals surface area (Å²) in [5, 5.41) is 0. The summed E-state index contributed by atoms with van der Waals surface area (Å²) in [4.78, 5) is 23.0. The molecule has 4 nitrogen and oxygen atoms in total. The van der Waals surface area contributed by atoms with Gasteiger partial charge in [0.1, 0.15) is 6.61 Å². The molecule has 0 aliphatic carbocycles. The van der Waals surface area contributed by atoms with Gasteiger partial charge >= 0.3 is 5.97 Å². The van der Waals surface area contributed by atoms with Crippen molar-refractivity contribution in [1.82, 2.24) is 4.90 Å². The van der Waals surface area contributed by atoms with Crippen LogP contribution < -0.4 is 0 Å². The lowest BCUT2D eigenvalue weighted by Gasteiger charge is -2.09. The van der Waals surface area contributed by atoms with Crippen molar-refractivity contribution in [2.75, 3.05) is 20.7 Å². The van der Waals surface area contributed by atoms with E-state index in [1.165, 1.54) is 4.90 Å². The van der Waals surface area contributed by atoms with Crippen LogP contribution in [0.4, 0.5) is 0 Å². The van der Waals surface area contributed by atoms with Crippen LogP contribution in [0.5, 0.6) is 0 Å². The second-order valence-electron chi connectivity index (χ2n) is 2.61. The smallest absolute Gasteiger partial charge is 0.305 e. The number of ether oxygens (including phenoxy) is 1. The van der Waals surface area contributed by atoms with Crippen molar-refractivity contribution in [2.45, 2.75) is 19.8 Å². The lowest BCUT2D eigenvalue weighted by molar-refractivity contribution is -0.144. The van der Waals surface area contributed by atoms with Crippen LogP contribution in [0.25, 0.3) is 0 Å². The van der Waals surface area contributed by atoms with Crippen LogP contribution in [0.3, 0.4) is 0 Å². The Morgan fingerprint density at radius 3 is 2.33 bits per heavy atom. The first-order valence-electron chi connectivity index (χ1n) is 3.93. The van der Waals surface area contributed by atoms with E-state index in [1.807, 2.05) is 0 Å². The van der Waals surface area contributed by atoms with Crippen molar-refractivity contribution in [3.8, 4) is 0 Å². The molecule has 70 valence electrons. The molecule has 0 bridgehead atoms. The Morgan fingerprint density at radius 2 is 1.92 bits per heavy atom. The van der Waals surface area contributed by atoms with Crippen molar-refractivity contribution >= 4 is 11.9 Å². The topological polar surface area (TPSA) is 46.6 Å². The quantitative estimate of drug-likeness (QED) is 0.579. The van der Waals surface area contributed by atoms with Crippen LogP contribution in [-0.2, 0) is 14.3 Å². The third-order valence-electron chi connectivity index (χ3n) is 1.37. The molecule has 0 aromatic heterocycles. The van der Waals surface area contributed by atoms with E-state index in [4.69, 9.17) is 4.74 Å². The monoisotopic (exact) mass is 173 g/mol. The first kappa shape index (κ1) is 10.9. The van der Waals surface area contributed by atoms with Gasteiger partial charge in [0.15, 0.2) is 0 Å². The number of rotatable bonds is 4. The van der Waals surface area contributed by atoms with Crippen molar-refractivity contribution < 1.29 is 14.3 Å². The molecule has 4 heteroatoms. The zero-order valence-corrected chi connectivity index (χ0v) is 7.79. The molecule has 1 amide bonds. The van der Waals surface area contributed by atoms with Gasteiger partial charge in [-0.25, -0.2) is 0 Å². The van der Waals surface area contributed by atoms with Crippen LogP contribution >= 0.6 is 0 Å². The Labute approximate surface area is 72.5 Å². The van der Waals surface area contributed by atoms with Crippen molar-refractivity contribution in [3.05, 3.63) is 0 Å². The van der Waals surface area contributed by atoms with Crippen LogP contribution in [0, 0.1) is 0 Å². The molecule has 0 radical (unpaired) electrons. The first-order chi connectivity index (χ1) is 5.57. The normalized spacial score (nSPS) is 9.25. The van der Waals surface area contributed by atoms with Crippen LogP contribution in [-0.4, -0.2) is 37.5 Å². The zero-order valence-electron chi connectivity index (χ0n) is 7.79. The molecular formula is C8H15NO3. The number of hydrogen-bond donors (Lipinski definition) is 0. The summed E-state index contributed by atoms with van der Waals surface area (Å²) in [6.45, 7) is 1.90. The molecule has 0 rings (SSSR count). The summed E-state index contributed by atoms with van der Waals surface area (Å²) < 4.78 is 4.73. The lowest BCUT2D eigenvalue weighted by atomic mass is 10.4. The summed E-state index contributed by atoms with van der Waals surface area (Å²) in [5.41, 5.74) is 0. The molecule has 0 aromatic carbocycles. The maximum absolute atomic E-state index is 10.9. The molecule has 0 atom stereocenters. The molecular weight excluding hydrogens is 158 g/mol. The Bertz CT molecular complexity index is 166. The van der Waals surface area contributed by atoms with Gasteiger partial charge in [-0.05, 0) is 0 Å². The van der Waals surface area contributed by atoms with E-state index in [0.717, 1.165) is 0 Å². The fourth-order valence-electron chi connectivity index (χ4n) is 0.578. The predicted molar refractivity (Wildman–Crippen MR) is 44.6 cm³/mol. The van der Waals surface area contributed by atoms with Gasteiger partial charge in [0.2, 0.25) is 5.91 Å². The van der Waals surface area contributed by atoms with Gasteiger partial charge in [0.25, 0.3) is 0 Å². The number of amides is 1. The van der Waals surface area contributed by atoms with E-state index in [2.05, 4.69) is 0 Å². The maximum Gasteiger partial charge on any atom is 0.305 e. The minimum atomic E-state index is -0.262. The summed E-state index contributed by atoms with van der Waals surface area (Å²) >= 11 is 0. The Morgan fingerprint density at radius 1 is 1.33 bits per heavy atom. The van der Waals surface area contributed by atoms with E-state index < -0.39 is 0 Å². The fourth-order valence-corrected chi connectivity index (χ4v) is 0.578. The zero-order chi connectivity index (χ0) is 9.56. The van der Waals surface area contributed by atoms with E-state index in [0.29, 0.717) is 6.42 Å². The highest BCUT2D eigenvalue weighted by Gasteiger charge is 2.04. The van der Waals surface area contributed by atoms with Gasteiger partial charge < -0.3 is 9.64 Å². The molecule has 0 saturated heterocycles. The molecule has 0 fully saturated rings. The number of carbonyl (C=O) groups is 2. The SMILES string of the molecule is CCC(=O)OCCC(=O)N(C)C. The standard InChI is InChI=1S/C8H15NO3/c1-4-8(11)12-6-5-7(10)9(2)3/h4-6H2,1-3H3. The Hall–Kier alpha value is -1.06. The molecule has 0 unspecified atom stereocenters. The third-order valence-corrected chi connectivity index (χ3v) is 1.37. The van der Waals surface area contributed by atoms with Gasteiger partial charge in [0, 0.05) is 20.5 Å². The molecule has 0 spiro atoms. The van der Waals surface area contributed by atoms with E-state index in [9.17, 15) is 9.59 Å². The molecule has 0 aliphatic rings. The van der Waals surface area contributed by atoms with E-state index in [-0.39, 0.29) is 24.9 Å². The highest BCUT2D eigenvalue weighted by atomic mass is 16.5. The number of nitrogens with zero attached hydrogens (tertiary/aromatic N) is 1. The maximum atomic E-state index is 10.9. The van der Waals surface area contributed by atoms with Crippen LogP contribution in [0.15, 0.2) is 0 Å². The van der Waals surface area contributed by atoms with Gasteiger partial charge in [-0.3, -0.25) is 9.59 Å². The van der Waals surface area contributed by atoms with Gasteiger partial charge in [0.05, 0.1) is 6.42 Å². The molecule has 0 N–H and O–H groups in total. The van der Waals surface area contributed by atoms with Crippen molar-refractivity contribution in [1.29, 1.82) is 0 Å². The predicted octanol–water partition coefficient (Wildman–Crippen LogP) is 0.418. The van der Waals surface area contributed by atoms with Gasteiger partial charge in [-0.15, -0.1) is 0 Å². The number of hydrogen-bond acceptors (Lipinski definition) is 3. The van der Waals surface area contributed by atoms with Crippen molar-refractivity contribution in [3.63, 3.8) is 0 Å². The average Bonchev–Trinajstić information content (AvgIpc) is 2.03. The second kappa shape index (κ2) is 5.57. The lowest BCUT2D eigenvalue weighted by Crippen LogP contribution is -2.23. The molecule has 0 heterocycles. The summed E-state index contributed by atoms with van der Waals surface area (Å²) in [7, 11) is 3.34. The van der Waals surface area contributed by atoms with Crippen LogP contribution in [0.2, 0.25) is 0 Å². The van der Waals surface area contributed by atoms with E-state index in [1.54, 1.807) is 21.0 Å². The van der Waals surface area contributed by atoms with E-state index >= 15 is 0 Å². The summed E-state index contributed by atoms with van der Waals surface area (Å²) in [6.07, 6.45) is 0.620. The summed E-state index contributed by atoms with van der Waals surface area (Å²) in [6, 6.07) is 0. The van der Waals surface area contributed by atoms with Gasteiger partial charge in [-0.2, -0.15) is 0 Å². The first-order valence-corrected chi connectivity index (χ1v) is 3.93. The highest BCUT2D eigenvalue weighted by Crippen LogP contribution is 1.90. The minimum Gasteiger partial charge on any atom is -0.465 e. The van der Waals surface area contributed by atoms with Crippen molar-refractivity contribution in [2.24, 2.45) is 0 Å². The van der Waals surface area contributed by atoms with Crippen LogP contribution in [0.1, 0.15) is 19.8 Å². The fraction of sp³-hybridized carbons (Fsp3) is 0.750. The van der Waals surface area contributed by atoms with Gasteiger partial charge in [-0.1, -0.05) is 6.92 Å². The Balaban J connectivity index is 3.44. The minimum absolute atomic E-state index is 0.0288. The molecule has 0 aliphatic heterocycles. The number of carbonyl (C=O) groups excluding carboxylic acids is 2. The molecule has 0 aromatic rings. The number of esters is 1.